The van der Waals surface area contributed by atoms with Gasteiger partial charge in [-0.2, -0.15) is 0 Å². The van der Waals surface area contributed by atoms with Crippen molar-refractivity contribution in [2.45, 2.75) is 72.3 Å². The maximum Gasteiger partial charge on any atom is 0.00926 e. The normalized spacial score (nSPS) is 38.5. The Morgan fingerprint density at radius 2 is 1.82 bits per heavy atom. The molecule has 0 aromatic carbocycles. The van der Waals surface area contributed by atoms with Crippen LogP contribution in [0.15, 0.2) is 0 Å². The summed E-state index contributed by atoms with van der Waals surface area (Å²) in [5.74, 6) is 1.84. The Morgan fingerprint density at radius 3 is 2.41 bits per heavy atom. The van der Waals surface area contributed by atoms with E-state index in [1.54, 1.807) is 0 Å². The van der Waals surface area contributed by atoms with E-state index in [1.807, 2.05) is 0 Å². The molecule has 2 rings (SSSR count). The summed E-state index contributed by atoms with van der Waals surface area (Å²) in [6, 6.07) is 0.790. The first kappa shape index (κ1) is 13.4. The number of likely N-dealkylation sites (tertiary alicyclic amines) is 1. The molecular formula is C16H31N. The van der Waals surface area contributed by atoms with Crippen LogP contribution in [-0.2, 0) is 0 Å². The monoisotopic (exact) mass is 237 g/mol. The summed E-state index contributed by atoms with van der Waals surface area (Å²) in [7, 11) is 0. The van der Waals surface area contributed by atoms with Gasteiger partial charge in [-0.1, -0.05) is 40.0 Å². The second kappa shape index (κ2) is 5.30. The van der Waals surface area contributed by atoms with E-state index in [-0.39, 0.29) is 0 Å². The fourth-order valence-corrected chi connectivity index (χ4v) is 3.80. The molecule has 1 spiro atoms. The van der Waals surface area contributed by atoms with Crippen LogP contribution in [0.4, 0.5) is 0 Å². The van der Waals surface area contributed by atoms with E-state index in [4.69, 9.17) is 0 Å². The predicted octanol–water partition coefficient (Wildman–Crippen LogP) is 4.32. The molecule has 1 saturated carbocycles. The van der Waals surface area contributed by atoms with Crippen LogP contribution in [0.3, 0.4) is 0 Å². The van der Waals surface area contributed by atoms with Crippen molar-refractivity contribution in [2.75, 3.05) is 13.1 Å². The lowest BCUT2D eigenvalue weighted by Crippen LogP contribution is -2.38. The van der Waals surface area contributed by atoms with Gasteiger partial charge in [0.05, 0.1) is 0 Å². The van der Waals surface area contributed by atoms with Crippen LogP contribution in [0.1, 0.15) is 66.2 Å². The van der Waals surface area contributed by atoms with E-state index >= 15 is 0 Å². The summed E-state index contributed by atoms with van der Waals surface area (Å²) in [5, 5.41) is 0. The van der Waals surface area contributed by atoms with Gasteiger partial charge in [-0.15, -0.1) is 0 Å². The zero-order chi connectivity index (χ0) is 12.5. The summed E-state index contributed by atoms with van der Waals surface area (Å²) < 4.78 is 0. The SMILES string of the molecule is CCC(C)C(C)N1CCC2(CCC(C)CC2)C1. The molecule has 100 valence electrons. The van der Waals surface area contributed by atoms with Crippen molar-refractivity contribution in [1.29, 1.82) is 0 Å². The van der Waals surface area contributed by atoms with Crippen LogP contribution in [0.5, 0.6) is 0 Å². The Balaban J connectivity index is 1.90. The Bertz CT molecular complexity index is 240. The van der Waals surface area contributed by atoms with E-state index in [2.05, 4.69) is 32.6 Å². The molecule has 2 unspecified atom stereocenters. The molecule has 1 heterocycles. The van der Waals surface area contributed by atoms with Gasteiger partial charge < -0.3 is 0 Å². The van der Waals surface area contributed by atoms with Crippen molar-refractivity contribution < 1.29 is 0 Å². The summed E-state index contributed by atoms with van der Waals surface area (Å²) in [6.45, 7) is 12.4. The second-order valence-electron chi connectivity index (χ2n) is 7.03. The molecule has 1 heteroatoms. The molecule has 0 aromatic heterocycles. The number of hydrogen-bond acceptors (Lipinski definition) is 1. The summed E-state index contributed by atoms with van der Waals surface area (Å²) in [4.78, 5) is 2.78. The Hall–Kier alpha value is -0.0400. The topological polar surface area (TPSA) is 3.24 Å². The molecule has 2 fully saturated rings. The summed E-state index contributed by atoms with van der Waals surface area (Å²) in [5.41, 5.74) is 0.716. The highest BCUT2D eigenvalue weighted by molar-refractivity contribution is 4.94. The quantitative estimate of drug-likeness (QED) is 0.706. The van der Waals surface area contributed by atoms with Gasteiger partial charge in [-0.3, -0.25) is 4.90 Å². The lowest BCUT2D eigenvalue weighted by atomic mass is 9.70. The Kier molecular flexibility index (Phi) is 4.18. The van der Waals surface area contributed by atoms with E-state index in [0.29, 0.717) is 5.41 Å². The minimum absolute atomic E-state index is 0.716. The van der Waals surface area contributed by atoms with Crippen LogP contribution in [-0.4, -0.2) is 24.0 Å². The molecule has 1 aliphatic carbocycles. The van der Waals surface area contributed by atoms with Gasteiger partial charge in [-0.25, -0.2) is 0 Å². The molecule has 0 aromatic rings. The molecular weight excluding hydrogens is 206 g/mol. The maximum absolute atomic E-state index is 2.78. The molecule has 0 amide bonds. The van der Waals surface area contributed by atoms with Crippen LogP contribution in [0, 0.1) is 17.3 Å². The van der Waals surface area contributed by atoms with Crippen LogP contribution in [0.2, 0.25) is 0 Å². The first-order chi connectivity index (χ1) is 8.06. The van der Waals surface area contributed by atoms with Gasteiger partial charge in [-0.05, 0) is 50.0 Å². The van der Waals surface area contributed by atoms with Crippen molar-refractivity contribution >= 4 is 0 Å². The third kappa shape index (κ3) is 2.86. The first-order valence-corrected chi connectivity index (χ1v) is 7.80. The van der Waals surface area contributed by atoms with Gasteiger partial charge in [0.25, 0.3) is 0 Å². The average Bonchev–Trinajstić information content (AvgIpc) is 2.76. The van der Waals surface area contributed by atoms with Gasteiger partial charge >= 0.3 is 0 Å². The molecule has 2 aliphatic rings. The van der Waals surface area contributed by atoms with E-state index in [1.165, 1.54) is 51.6 Å². The van der Waals surface area contributed by atoms with Crippen molar-refractivity contribution in [1.82, 2.24) is 4.90 Å². The van der Waals surface area contributed by atoms with Crippen molar-refractivity contribution in [3.05, 3.63) is 0 Å². The van der Waals surface area contributed by atoms with Crippen LogP contribution in [0.25, 0.3) is 0 Å². The molecule has 0 N–H and O–H groups in total. The van der Waals surface area contributed by atoms with Gasteiger partial charge in [0.1, 0.15) is 0 Å². The van der Waals surface area contributed by atoms with E-state index in [9.17, 15) is 0 Å². The Labute approximate surface area is 108 Å². The number of hydrogen-bond donors (Lipinski definition) is 0. The molecule has 1 nitrogen and oxygen atoms in total. The highest BCUT2D eigenvalue weighted by Crippen LogP contribution is 2.46. The highest BCUT2D eigenvalue weighted by atomic mass is 15.2. The first-order valence-electron chi connectivity index (χ1n) is 7.80. The third-order valence-corrected chi connectivity index (χ3v) is 5.85. The predicted molar refractivity (Wildman–Crippen MR) is 75.2 cm³/mol. The largest absolute Gasteiger partial charge is 0.300 e. The van der Waals surface area contributed by atoms with Crippen molar-refractivity contribution in [3.63, 3.8) is 0 Å². The fourth-order valence-electron chi connectivity index (χ4n) is 3.80. The van der Waals surface area contributed by atoms with Crippen molar-refractivity contribution in [3.8, 4) is 0 Å². The lowest BCUT2D eigenvalue weighted by molar-refractivity contribution is 0.128. The van der Waals surface area contributed by atoms with Crippen LogP contribution >= 0.6 is 0 Å². The number of nitrogens with zero attached hydrogens (tertiary/aromatic N) is 1. The lowest BCUT2D eigenvalue weighted by Gasteiger charge is -2.37. The minimum Gasteiger partial charge on any atom is -0.300 e. The zero-order valence-corrected chi connectivity index (χ0v) is 12.3. The molecule has 2 atom stereocenters. The van der Waals surface area contributed by atoms with Gasteiger partial charge in [0, 0.05) is 12.6 Å². The fraction of sp³-hybridized carbons (Fsp3) is 1.00. The molecule has 1 aliphatic heterocycles. The molecule has 1 saturated heterocycles. The standard InChI is InChI=1S/C16H31N/c1-5-14(3)15(4)17-11-10-16(12-17)8-6-13(2)7-9-16/h13-15H,5-12H2,1-4H3. The minimum atomic E-state index is 0.716. The summed E-state index contributed by atoms with van der Waals surface area (Å²) in [6.07, 6.45) is 8.75. The molecule has 0 radical (unpaired) electrons. The maximum atomic E-state index is 2.78. The van der Waals surface area contributed by atoms with E-state index in [0.717, 1.165) is 17.9 Å². The zero-order valence-electron chi connectivity index (χ0n) is 12.3. The third-order valence-electron chi connectivity index (χ3n) is 5.85. The molecule has 17 heavy (non-hydrogen) atoms. The van der Waals surface area contributed by atoms with Crippen molar-refractivity contribution in [2.24, 2.45) is 17.3 Å². The van der Waals surface area contributed by atoms with Crippen LogP contribution < -0.4 is 0 Å². The van der Waals surface area contributed by atoms with E-state index < -0.39 is 0 Å². The summed E-state index contributed by atoms with van der Waals surface area (Å²) >= 11 is 0. The molecule has 0 bridgehead atoms. The smallest absolute Gasteiger partial charge is 0.00926 e. The average molecular weight is 237 g/mol. The highest BCUT2D eigenvalue weighted by Gasteiger charge is 2.41. The number of rotatable bonds is 3. The Morgan fingerprint density at radius 1 is 1.18 bits per heavy atom. The second-order valence-corrected chi connectivity index (χ2v) is 7.03. The van der Waals surface area contributed by atoms with Gasteiger partial charge in [0.15, 0.2) is 0 Å². The van der Waals surface area contributed by atoms with Gasteiger partial charge in [0.2, 0.25) is 0 Å².